The molecule has 1 heterocycles. The lowest BCUT2D eigenvalue weighted by Crippen LogP contribution is -2.02. The summed E-state index contributed by atoms with van der Waals surface area (Å²) in [5.41, 5.74) is 0.721. The van der Waals surface area contributed by atoms with Crippen LogP contribution in [0.5, 0.6) is 0 Å². The molecule has 0 unspecified atom stereocenters. The van der Waals surface area contributed by atoms with E-state index in [-0.39, 0.29) is 11.5 Å². The molecule has 0 radical (unpaired) electrons. The molecule has 2 aromatic rings. The molecule has 0 amide bonds. The van der Waals surface area contributed by atoms with E-state index in [1.54, 1.807) is 6.92 Å². The molecule has 1 aromatic heterocycles. The standard InChI is InChI=1S/C10H8FN3O2/c1-6-9(10(15)16)13-14(12-6)8-4-2-7(11)3-5-8/h2-5H,1H3,(H,15,16). The summed E-state index contributed by atoms with van der Waals surface area (Å²) in [4.78, 5) is 11.9. The Morgan fingerprint density at radius 2 is 1.94 bits per heavy atom. The van der Waals surface area contributed by atoms with Crippen molar-refractivity contribution in [1.82, 2.24) is 15.0 Å². The predicted octanol–water partition coefficient (Wildman–Crippen LogP) is 1.41. The minimum Gasteiger partial charge on any atom is -0.476 e. The van der Waals surface area contributed by atoms with Gasteiger partial charge in [0.1, 0.15) is 5.82 Å². The number of rotatable bonds is 2. The Labute approximate surface area is 90.1 Å². The molecule has 6 heteroatoms. The number of aromatic nitrogens is 3. The fourth-order valence-corrected chi connectivity index (χ4v) is 1.27. The number of hydrogen-bond donors (Lipinski definition) is 1. The Hall–Kier alpha value is -2.24. The maximum atomic E-state index is 12.7. The quantitative estimate of drug-likeness (QED) is 0.832. The lowest BCUT2D eigenvalue weighted by molar-refractivity contribution is 0.0689. The van der Waals surface area contributed by atoms with Crippen LogP contribution in [0.2, 0.25) is 0 Å². The Kier molecular flexibility index (Phi) is 2.40. The first-order chi connectivity index (χ1) is 7.58. The van der Waals surface area contributed by atoms with E-state index in [9.17, 15) is 9.18 Å². The zero-order valence-corrected chi connectivity index (χ0v) is 8.38. The highest BCUT2D eigenvalue weighted by Crippen LogP contribution is 2.09. The smallest absolute Gasteiger partial charge is 0.358 e. The topological polar surface area (TPSA) is 68.0 Å². The number of carboxylic acid groups (broad SMARTS) is 1. The number of benzene rings is 1. The second-order valence-corrected chi connectivity index (χ2v) is 3.21. The molecule has 1 aromatic carbocycles. The predicted molar refractivity (Wildman–Crippen MR) is 53.0 cm³/mol. The van der Waals surface area contributed by atoms with Crippen molar-refractivity contribution in [2.45, 2.75) is 6.92 Å². The van der Waals surface area contributed by atoms with E-state index < -0.39 is 5.97 Å². The van der Waals surface area contributed by atoms with Gasteiger partial charge in [-0.25, -0.2) is 9.18 Å². The van der Waals surface area contributed by atoms with E-state index in [0.29, 0.717) is 11.4 Å². The molecule has 16 heavy (non-hydrogen) atoms. The number of aromatic carboxylic acids is 1. The molecule has 0 bridgehead atoms. The largest absolute Gasteiger partial charge is 0.476 e. The first-order valence-corrected chi connectivity index (χ1v) is 4.51. The maximum absolute atomic E-state index is 12.7. The zero-order valence-electron chi connectivity index (χ0n) is 8.38. The van der Waals surface area contributed by atoms with Gasteiger partial charge in [-0.05, 0) is 31.2 Å². The normalized spacial score (nSPS) is 10.4. The minimum atomic E-state index is -1.13. The number of nitrogens with zero attached hydrogens (tertiary/aromatic N) is 3. The van der Waals surface area contributed by atoms with Gasteiger partial charge in [-0.1, -0.05) is 0 Å². The third kappa shape index (κ3) is 1.77. The number of aryl methyl sites for hydroxylation is 1. The minimum absolute atomic E-state index is 0.107. The van der Waals surface area contributed by atoms with Gasteiger partial charge in [-0.2, -0.15) is 9.90 Å². The molecular formula is C10H8FN3O2. The molecule has 0 saturated carbocycles. The fraction of sp³-hybridized carbons (Fsp3) is 0.100. The summed E-state index contributed by atoms with van der Waals surface area (Å²) in [6.45, 7) is 1.55. The second-order valence-electron chi connectivity index (χ2n) is 3.21. The summed E-state index contributed by atoms with van der Waals surface area (Å²) in [5, 5.41) is 16.5. The summed E-state index contributed by atoms with van der Waals surface area (Å²) in [5.74, 6) is -1.50. The summed E-state index contributed by atoms with van der Waals surface area (Å²) >= 11 is 0. The average molecular weight is 221 g/mol. The molecule has 0 fully saturated rings. The van der Waals surface area contributed by atoms with Crippen molar-refractivity contribution in [1.29, 1.82) is 0 Å². The molecule has 0 aliphatic carbocycles. The van der Waals surface area contributed by atoms with Gasteiger partial charge in [0.25, 0.3) is 0 Å². The molecule has 2 rings (SSSR count). The van der Waals surface area contributed by atoms with Crippen LogP contribution < -0.4 is 0 Å². The first-order valence-electron chi connectivity index (χ1n) is 4.51. The van der Waals surface area contributed by atoms with Crippen LogP contribution in [-0.4, -0.2) is 26.1 Å². The SMILES string of the molecule is Cc1nn(-c2ccc(F)cc2)nc1C(=O)O. The van der Waals surface area contributed by atoms with E-state index in [0.717, 1.165) is 4.80 Å². The lowest BCUT2D eigenvalue weighted by Gasteiger charge is -1.97. The summed E-state index contributed by atoms with van der Waals surface area (Å²) in [7, 11) is 0. The van der Waals surface area contributed by atoms with E-state index in [1.807, 2.05) is 0 Å². The van der Waals surface area contributed by atoms with Crippen LogP contribution in [0.1, 0.15) is 16.2 Å². The molecule has 0 saturated heterocycles. The van der Waals surface area contributed by atoms with Crippen LogP contribution in [-0.2, 0) is 0 Å². The zero-order chi connectivity index (χ0) is 11.7. The number of carbonyl (C=O) groups is 1. The van der Waals surface area contributed by atoms with Crippen molar-refractivity contribution in [2.75, 3.05) is 0 Å². The summed E-state index contributed by atoms with van der Waals surface area (Å²) in [6.07, 6.45) is 0. The van der Waals surface area contributed by atoms with E-state index >= 15 is 0 Å². The maximum Gasteiger partial charge on any atom is 0.358 e. The van der Waals surface area contributed by atoms with Gasteiger partial charge in [0.2, 0.25) is 0 Å². The van der Waals surface area contributed by atoms with Crippen LogP contribution in [0.25, 0.3) is 5.69 Å². The van der Waals surface area contributed by atoms with Crippen molar-refractivity contribution in [2.24, 2.45) is 0 Å². The Morgan fingerprint density at radius 3 is 2.44 bits per heavy atom. The van der Waals surface area contributed by atoms with Crippen LogP contribution >= 0.6 is 0 Å². The molecule has 0 spiro atoms. The highest BCUT2D eigenvalue weighted by atomic mass is 19.1. The lowest BCUT2D eigenvalue weighted by atomic mass is 10.3. The van der Waals surface area contributed by atoms with Gasteiger partial charge in [0.15, 0.2) is 5.69 Å². The summed E-state index contributed by atoms with van der Waals surface area (Å²) in [6, 6.07) is 5.46. The van der Waals surface area contributed by atoms with Crippen molar-refractivity contribution < 1.29 is 14.3 Å². The second kappa shape index (κ2) is 3.73. The molecule has 0 atom stereocenters. The van der Waals surface area contributed by atoms with Crippen LogP contribution in [0.3, 0.4) is 0 Å². The molecule has 0 aliphatic rings. The van der Waals surface area contributed by atoms with Crippen LogP contribution in [0.15, 0.2) is 24.3 Å². The van der Waals surface area contributed by atoms with E-state index in [2.05, 4.69) is 10.2 Å². The van der Waals surface area contributed by atoms with Crippen molar-refractivity contribution >= 4 is 5.97 Å². The number of halogens is 1. The Bertz CT molecular complexity index is 533. The number of hydrogen-bond acceptors (Lipinski definition) is 3. The highest BCUT2D eigenvalue weighted by molar-refractivity contribution is 5.86. The first kappa shape index (κ1) is 10.3. The summed E-state index contributed by atoms with van der Waals surface area (Å²) < 4.78 is 12.7. The fourth-order valence-electron chi connectivity index (χ4n) is 1.27. The van der Waals surface area contributed by atoms with E-state index in [1.165, 1.54) is 24.3 Å². The monoisotopic (exact) mass is 221 g/mol. The molecule has 82 valence electrons. The Balaban J connectivity index is 2.45. The molecule has 5 nitrogen and oxygen atoms in total. The third-order valence-electron chi connectivity index (χ3n) is 2.04. The Morgan fingerprint density at radius 1 is 1.31 bits per heavy atom. The van der Waals surface area contributed by atoms with Crippen molar-refractivity contribution in [3.05, 3.63) is 41.5 Å². The van der Waals surface area contributed by atoms with Gasteiger partial charge in [0.05, 0.1) is 11.4 Å². The van der Waals surface area contributed by atoms with Crippen LogP contribution in [0, 0.1) is 12.7 Å². The van der Waals surface area contributed by atoms with E-state index in [4.69, 9.17) is 5.11 Å². The van der Waals surface area contributed by atoms with Gasteiger partial charge >= 0.3 is 5.97 Å². The molecular weight excluding hydrogens is 213 g/mol. The molecule has 1 N–H and O–H groups in total. The highest BCUT2D eigenvalue weighted by Gasteiger charge is 2.14. The average Bonchev–Trinajstić information content (AvgIpc) is 2.61. The molecule has 0 aliphatic heterocycles. The van der Waals surface area contributed by atoms with Gasteiger partial charge in [-0.3, -0.25) is 0 Å². The van der Waals surface area contributed by atoms with Crippen LogP contribution in [0.4, 0.5) is 4.39 Å². The van der Waals surface area contributed by atoms with Gasteiger partial charge in [-0.15, -0.1) is 5.10 Å². The van der Waals surface area contributed by atoms with Gasteiger partial charge in [0, 0.05) is 0 Å². The van der Waals surface area contributed by atoms with Crippen molar-refractivity contribution in [3.63, 3.8) is 0 Å². The van der Waals surface area contributed by atoms with Gasteiger partial charge < -0.3 is 5.11 Å². The number of carboxylic acids is 1. The third-order valence-corrected chi connectivity index (χ3v) is 2.04. The van der Waals surface area contributed by atoms with Crippen molar-refractivity contribution in [3.8, 4) is 5.69 Å².